The number of hydrogen-bond acceptors (Lipinski definition) is 24. The summed E-state index contributed by atoms with van der Waals surface area (Å²) in [5.74, 6) is -3.39. The Kier molecular flexibility index (Phi) is 26.1. The Hall–Kier alpha value is -2.31. The number of aliphatic hydroxyl groups excluding tert-OH is 8. The lowest BCUT2D eigenvalue weighted by molar-refractivity contribution is -0.391. The topological polar surface area (TPSA) is 333 Å². The summed E-state index contributed by atoms with van der Waals surface area (Å²) < 4.78 is 81.2. The van der Waals surface area contributed by atoms with E-state index in [-0.39, 0.29) is 12.5 Å². The van der Waals surface area contributed by atoms with Gasteiger partial charge < -0.3 is 102 Å². The predicted molar refractivity (Wildman–Crippen MR) is 278 cm³/mol. The average molecular weight is 1150 g/mol. The fraction of sp³-hybridized carbons (Fsp3) is 0.946. The van der Waals surface area contributed by atoms with Crippen molar-refractivity contribution in [2.24, 2.45) is 11.8 Å². The van der Waals surface area contributed by atoms with Crippen LogP contribution >= 0.6 is 0 Å². The second kappa shape index (κ2) is 31.2. The molecule has 7 heterocycles. The molecule has 7 fully saturated rings. The molecular weight excluding hydrogens is 1060 g/mol. The summed E-state index contributed by atoms with van der Waals surface area (Å²) in [5, 5.41) is 90.6. The first-order chi connectivity index (χ1) is 38.0. The van der Waals surface area contributed by atoms with Crippen LogP contribution in [0, 0.1) is 11.8 Å². The van der Waals surface area contributed by atoms with Crippen LogP contribution in [0.3, 0.4) is 0 Å². The van der Waals surface area contributed by atoms with E-state index in [1.54, 1.807) is 34.6 Å². The summed E-state index contributed by atoms with van der Waals surface area (Å²) in [4.78, 5) is 41.4. The molecule has 7 rings (SSSR count). The number of ether oxygens (including phenoxy) is 13. The van der Waals surface area contributed by atoms with E-state index in [2.05, 4.69) is 6.92 Å². The molecule has 24 nitrogen and oxygen atoms in total. The van der Waals surface area contributed by atoms with Gasteiger partial charge in [0.15, 0.2) is 49.8 Å². The van der Waals surface area contributed by atoms with Crippen LogP contribution in [0.5, 0.6) is 0 Å². The molecule has 4 bridgehead atoms. The van der Waals surface area contributed by atoms with Crippen LogP contribution in [-0.4, -0.2) is 218 Å². The van der Waals surface area contributed by atoms with E-state index in [1.165, 1.54) is 27.7 Å². The smallest absolute Gasteiger partial charge is 0.309 e. The van der Waals surface area contributed by atoms with Crippen molar-refractivity contribution in [1.82, 2.24) is 0 Å². The predicted octanol–water partition coefficient (Wildman–Crippen LogP) is 2.46. The molecule has 80 heavy (non-hydrogen) atoms. The third-order valence-electron chi connectivity index (χ3n) is 16.7. The lowest BCUT2D eigenvalue weighted by atomic mass is 9.95. The zero-order valence-electron chi connectivity index (χ0n) is 48.4. The number of unbranched alkanes of at least 4 members (excludes halogenated alkanes) is 2. The summed E-state index contributed by atoms with van der Waals surface area (Å²) in [7, 11) is 0. The molecule has 0 aromatic carbocycles. The molecule has 7 aliphatic heterocycles. The number of fused-ring (bicyclic) bond motifs is 14. The Morgan fingerprint density at radius 1 is 0.475 bits per heavy atom. The van der Waals surface area contributed by atoms with Gasteiger partial charge in [-0.3, -0.25) is 14.4 Å². The molecule has 0 amide bonds. The van der Waals surface area contributed by atoms with Crippen LogP contribution in [0.15, 0.2) is 0 Å². The number of esters is 3. The maximum Gasteiger partial charge on any atom is 0.309 e. The normalized spacial score (nSPS) is 44.8. The lowest BCUT2D eigenvalue weighted by Gasteiger charge is -2.50. The minimum absolute atomic E-state index is 0.0530. The zero-order valence-corrected chi connectivity index (χ0v) is 48.4. The summed E-state index contributed by atoms with van der Waals surface area (Å²) >= 11 is 0. The summed E-state index contributed by atoms with van der Waals surface area (Å²) in [6, 6.07) is 0. The van der Waals surface area contributed by atoms with Crippen molar-refractivity contribution in [2.75, 3.05) is 0 Å². The van der Waals surface area contributed by atoms with Crippen LogP contribution in [0.25, 0.3) is 0 Å². The van der Waals surface area contributed by atoms with E-state index in [0.29, 0.717) is 38.5 Å². The molecule has 0 aromatic heterocycles. The first-order valence-corrected chi connectivity index (χ1v) is 29.6. The number of carbonyl (C=O) groups is 3. The third kappa shape index (κ3) is 16.8. The van der Waals surface area contributed by atoms with Crippen molar-refractivity contribution in [3.05, 3.63) is 0 Å². The minimum Gasteiger partial charge on any atom is -0.456 e. The van der Waals surface area contributed by atoms with Gasteiger partial charge in [0.05, 0.1) is 48.5 Å². The molecule has 7 saturated heterocycles. The molecular formula is C56H96O24. The standard InChI is InChI=1S/C56H96O24/c1-11-14-20-23-33-24-21-18-16-15-17-19-22-25-34(57)74-48-45(78-54-42(65)46(44(31(9)71-54)75-50(66)26(4)12-2)79-52-40(63)37(60)35(58)28(6)68-52)32(10)72-56(49(48)76-51(67)27(5)13-3)77-43-30(8)70-53(41(64)39(43)62)80-47-38(61)36(59)29(7)69-55(47)73-33/h26-33,35-49,52-56,58-65H,11-25H2,1-10H3. The maximum atomic E-state index is 14.2. The summed E-state index contributed by atoms with van der Waals surface area (Å²) in [5.41, 5.74) is 0. The van der Waals surface area contributed by atoms with Crippen molar-refractivity contribution in [3.63, 3.8) is 0 Å². The Morgan fingerprint density at radius 2 is 0.988 bits per heavy atom. The second-order valence-corrected chi connectivity index (χ2v) is 23.0. The van der Waals surface area contributed by atoms with Crippen LogP contribution in [-0.2, 0) is 76.0 Å². The van der Waals surface area contributed by atoms with Gasteiger partial charge in [0.2, 0.25) is 0 Å². The van der Waals surface area contributed by atoms with Gasteiger partial charge in [0.1, 0.15) is 73.2 Å². The number of hydrogen-bond donors (Lipinski definition) is 8. The van der Waals surface area contributed by atoms with Gasteiger partial charge >= 0.3 is 17.9 Å². The molecule has 8 N–H and O–H groups in total. The molecule has 0 radical (unpaired) electrons. The van der Waals surface area contributed by atoms with E-state index in [0.717, 1.165) is 51.4 Å². The monoisotopic (exact) mass is 1150 g/mol. The summed E-state index contributed by atoms with van der Waals surface area (Å²) in [6.07, 6.45) is -27.1. The van der Waals surface area contributed by atoms with Crippen molar-refractivity contribution in [2.45, 2.75) is 325 Å². The van der Waals surface area contributed by atoms with Crippen molar-refractivity contribution >= 4 is 17.9 Å². The summed E-state index contributed by atoms with van der Waals surface area (Å²) in [6.45, 7) is 16.6. The highest BCUT2D eigenvalue weighted by Gasteiger charge is 2.58. The molecule has 28 atom stereocenters. The van der Waals surface area contributed by atoms with Gasteiger partial charge in [0.25, 0.3) is 0 Å². The highest BCUT2D eigenvalue weighted by molar-refractivity contribution is 5.73. The van der Waals surface area contributed by atoms with Crippen LogP contribution < -0.4 is 0 Å². The number of rotatable bonds is 14. The zero-order chi connectivity index (χ0) is 58.7. The molecule has 24 heteroatoms. The molecule has 7 aliphatic rings. The molecule has 464 valence electrons. The Balaban J connectivity index is 1.33. The molecule has 0 aromatic rings. The molecule has 0 spiro atoms. The Bertz CT molecular complexity index is 1880. The van der Waals surface area contributed by atoms with Gasteiger partial charge in [-0.25, -0.2) is 0 Å². The van der Waals surface area contributed by atoms with Gasteiger partial charge in [0, 0.05) is 6.42 Å². The number of aliphatic hydroxyl groups is 8. The van der Waals surface area contributed by atoms with E-state index in [9.17, 15) is 55.2 Å². The Labute approximate surface area is 470 Å². The first kappa shape index (κ1) is 66.8. The van der Waals surface area contributed by atoms with Gasteiger partial charge in [-0.15, -0.1) is 0 Å². The van der Waals surface area contributed by atoms with E-state index in [1.807, 2.05) is 0 Å². The highest BCUT2D eigenvalue weighted by atomic mass is 16.8. The quantitative estimate of drug-likeness (QED) is 0.0703. The van der Waals surface area contributed by atoms with E-state index < -0.39 is 183 Å². The Morgan fingerprint density at radius 3 is 1.64 bits per heavy atom. The molecule has 28 unspecified atom stereocenters. The van der Waals surface area contributed by atoms with Gasteiger partial charge in [-0.1, -0.05) is 92.4 Å². The minimum atomic E-state index is -1.89. The largest absolute Gasteiger partial charge is 0.456 e. The number of carbonyl (C=O) groups excluding carboxylic acids is 3. The van der Waals surface area contributed by atoms with Crippen LogP contribution in [0.4, 0.5) is 0 Å². The molecule has 0 aliphatic carbocycles. The van der Waals surface area contributed by atoms with Crippen molar-refractivity contribution < 1.29 is 117 Å². The van der Waals surface area contributed by atoms with E-state index in [4.69, 9.17) is 61.6 Å². The molecule has 0 saturated carbocycles. The van der Waals surface area contributed by atoms with Gasteiger partial charge in [-0.2, -0.15) is 0 Å². The fourth-order valence-electron chi connectivity index (χ4n) is 10.9. The lowest BCUT2D eigenvalue weighted by Crippen LogP contribution is -2.67. The SMILES string of the molecule is CCCCCC1CCCCCCCCCC(=O)OC2C(OC3OC(C)C(OC(=O)C(C)CC)C(OC4OC(C)C(O)C(O)C4O)C3O)C(C)OC(OC3C(C)OC(OC4C(O1)OC(C)C(O)C4O)C(O)C3O)C2OC(=O)C(C)CC. The van der Waals surface area contributed by atoms with Crippen molar-refractivity contribution in [3.8, 4) is 0 Å². The van der Waals surface area contributed by atoms with E-state index >= 15 is 0 Å². The maximum absolute atomic E-state index is 14.2. The average Bonchev–Trinajstić information content (AvgIpc) is 3.58. The van der Waals surface area contributed by atoms with Crippen molar-refractivity contribution in [1.29, 1.82) is 0 Å². The first-order valence-electron chi connectivity index (χ1n) is 29.6. The highest BCUT2D eigenvalue weighted by Crippen LogP contribution is 2.39. The fourth-order valence-corrected chi connectivity index (χ4v) is 10.9. The van der Waals surface area contributed by atoms with Crippen LogP contribution in [0.2, 0.25) is 0 Å². The van der Waals surface area contributed by atoms with Crippen LogP contribution in [0.1, 0.15) is 166 Å². The second-order valence-electron chi connectivity index (χ2n) is 23.0. The van der Waals surface area contributed by atoms with Gasteiger partial charge in [-0.05, 0) is 66.7 Å². The third-order valence-corrected chi connectivity index (χ3v) is 16.7.